The summed E-state index contributed by atoms with van der Waals surface area (Å²) in [5.41, 5.74) is 0. The van der Waals surface area contributed by atoms with E-state index in [1.165, 1.54) is 0 Å². The second kappa shape index (κ2) is 3.81. The van der Waals surface area contributed by atoms with Gasteiger partial charge < -0.3 is 4.74 Å². The van der Waals surface area contributed by atoms with E-state index in [0.717, 1.165) is 19.4 Å². The maximum atomic E-state index is 5.33. The molecular formula is C7H11NOS. The molecule has 0 spiro atoms. The van der Waals surface area contributed by atoms with Crippen LogP contribution in [-0.2, 0) is 4.74 Å². The first kappa shape index (κ1) is 7.86. The Hall–Kier alpha value is -0.240. The van der Waals surface area contributed by atoms with Gasteiger partial charge in [0.25, 0.3) is 0 Å². The highest BCUT2D eigenvalue weighted by Gasteiger charge is 2.17. The van der Waals surface area contributed by atoms with Crippen molar-refractivity contribution in [3.05, 3.63) is 0 Å². The van der Waals surface area contributed by atoms with Crippen molar-refractivity contribution in [2.45, 2.75) is 31.9 Å². The maximum absolute atomic E-state index is 5.33. The highest BCUT2D eigenvalue weighted by Crippen LogP contribution is 2.15. The van der Waals surface area contributed by atoms with Gasteiger partial charge in [0, 0.05) is 6.61 Å². The summed E-state index contributed by atoms with van der Waals surface area (Å²) in [5.74, 6) is 0. The van der Waals surface area contributed by atoms with Gasteiger partial charge in [-0.1, -0.05) is 0 Å². The van der Waals surface area contributed by atoms with Gasteiger partial charge in [-0.05, 0) is 32.0 Å². The third-order valence-corrected chi connectivity index (χ3v) is 1.80. The Morgan fingerprint density at radius 1 is 1.70 bits per heavy atom. The fraction of sp³-hybridized carbons (Fsp3) is 0.857. The molecule has 0 amide bonds. The lowest BCUT2D eigenvalue weighted by Gasteiger charge is -2.23. The SMILES string of the molecule is CC1CC(N=C=S)CCO1. The molecule has 1 fully saturated rings. The summed E-state index contributed by atoms with van der Waals surface area (Å²) in [6.07, 6.45) is 2.32. The summed E-state index contributed by atoms with van der Waals surface area (Å²) >= 11 is 4.51. The molecule has 2 nitrogen and oxygen atoms in total. The van der Waals surface area contributed by atoms with Crippen LogP contribution in [0.2, 0.25) is 0 Å². The highest BCUT2D eigenvalue weighted by atomic mass is 32.1. The van der Waals surface area contributed by atoms with E-state index in [2.05, 4.69) is 29.3 Å². The van der Waals surface area contributed by atoms with E-state index in [0.29, 0.717) is 12.1 Å². The number of rotatable bonds is 1. The number of nitrogens with zero attached hydrogens (tertiary/aromatic N) is 1. The van der Waals surface area contributed by atoms with E-state index in [9.17, 15) is 0 Å². The molecule has 56 valence electrons. The average Bonchev–Trinajstić information content (AvgIpc) is 1.88. The molecule has 0 radical (unpaired) electrons. The van der Waals surface area contributed by atoms with Crippen LogP contribution >= 0.6 is 12.2 Å². The molecule has 1 aliphatic rings. The van der Waals surface area contributed by atoms with Crippen molar-refractivity contribution in [3.8, 4) is 0 Å². The van der Waals surface area contributed by atoms with E-state index in [1.54, 1.807) is 0 Å². The largest absolute Gasteiger partial charge is 0.378 e. The van der Waals surface area contributed by atoms with Gasteiger partial charge in [0.1, 0.15) is 0 Å². The number of aliphatic imine (C=N–C) groups is 1. The molecule has 1 aliphatic heterocycles. The van der Waals surface area contributed by atoms with Crippen molar-refractivity contribution >= 4 is 17.4 Å². The fourth-order valence-electron chi connectivity index (χ4n) is 1.17. The monoisotopic (exact) mass is 157 g/mol. The van der Waals surface area contributed by atoms with Gasteiger partial charge >= 0.3 is 0 Å². The Morgan fingerprint density at radius 3 is 3.10 bits per heavy atom. The molecule has 10 heavy (non-hydrogen) atoms. The van der Waals surface area contributed by atoms with Gasteiger partial charge in [0.15, 0.2) is 0 Å². The minimum absolute atomic E-state index is 0.339. The van der Waals surface area contributed by atoms with Crippen LogP contribution in [-0.4, -0.2) is 23.9 Å². The van der Waals surface area contributed by atoms with Gasteiger partial charge in [-0.15, -0.1) is 0 Å². The minimum atomic E-state index is 0.339. The predicted molar refractivity (Wildman–Crippen MR) is 43.5 cm³/mol. The van der Waals surface area contributed by atoms with E-state index >= 15 is 0 Å². The molecule has 0 aromatic carbocycles. The third kappa shape index (κ3) is 2.18. The fourth-order valence-corrected chi connectivity index (χ4v) is 1.32. The first-order chi connectivity index (χ1) is 4.83. The topological polar surface area (TPSA) is 21.6 Å². The lowest BCUT2D eigenvalue weighted by atomic mass is 10.1. The summed E-state index contributed by atoms with van der Waals surface area (Å²) in [5, 5.41) is 2.41. The quantitative estimate of drug-likeness (QED) is 0.426. The lowest BCUT2D eigenvalue weighted by Crippen LogP contribution is -2.25. The van der Waals surface area contributed by atoms with Gasteiger partial charge in [0.2, 0.25) is 0 Å². The first-order valence-corrected chi connectivity index (χ1v) is 3.92. The van der Waals surface area contributed by atoms with E-state index < -0.39 is 0 Å². The molecule has 0 N–H and O–H groups in total. The summed E-state index contributed by atoms with van der Waals surface area (Å²) in [6, 6.07) is 0.362. The Bertz CT molecular complexity index is 154. The molecule has 3 heteroatoms. The predicted octanol–water partition coefficient (Wildman–Crippen LogP) is 1.66. The van der Waals surface area contributed by atoms with Crippen LogP contribution in [0.5, 0.6) is 0 Å². The highest BCUT2D eigenvalue weighted by molar-refractivity contribution is 7.78. The molecule has 1 heterocycles. The van der Waals surface area contributed by atoms with E-state index in [-0.39, 0.29) is 0 Å². The van der Waals surface area contributed by atoms with Crippen LogP contribution in [0.3, 0.4) is 0 Å². The Kier molecular flexibility index (Phi) is 3.00. The molecule has 0 saturated carbocycles. The lowest BCUT2D eigenvalue weighted by molar-refractivity contribution is 0.0206. The molecule has 0 bridgehead atoms. The molecule has 0 aliphatic carbocycles. The average molecular weight is 157 g/mol. The second-order valence-electron chi connectivity index (χ2n) is 2.58. The Morgan fingerprint density at radius 2 is 2.50 bits per heavy atom. The number of thiocarbonyl (C=S) groups is 1. The molecule has 2 unspecified atom stereocenters. The van der Waals surface area contributed by atoms with Gasteiger partial charge in [-0.2, -0.15) is 0 Å². The zero-order chi connectivity index (χ0) is 7.40. The molecule has 0 aromatic rings. The van der Waals surface area contributed by atoms with Crippen molar-refractivity contribution in [1.82, 2.24) is 0 Å². The third-order valence-electron chi connectivity index (χ3n) is 1.69. The van der Waals surface area contributed by atoms with Crippen molar-refractivity contribution in [2.24, 2.45) is 4.99 Å². The smallest absolute Gasteiger partial charge is 0.0649 e. The van der Waals surface area contributed by atoms with Crippen LogP contribution in [0.4, 0.5) is 0 Å². The van der Waals surface area contributed by atoms with E-state index in [1.807, 2.05) is 0 Å². The standard InChI is InChI=1S/C7H11NOS/c1-6-4-7(8-5-10)2-3-9-6/h6-7H,2-4H2,1H3. The molecule has 2 atom stereocenters. The summed E-state index contributed by atoms with van der Waals surface area (Å²) in [7, 11) is 0. The number of ether oxygens (including phenoxy) is 1. The number of hydrogen-bond donors (Lipinski definition) is 0. The number of isothiocyanates is 1. The summed E-state index contributed by atoms with van der Waals surface area (Å²) < 4.78 is 5.33. The van der Waals surface area contributed by atoms with Crippen LogP contribution in [0.25, 0.3) is 0 Å². The van der Waals surface area contributed by atoms with Gasteiger partial charge in [-0.3, -0.25) is 0 Å². The van der Waals surface area contributed by atoms with Crippen LogP contribution < -0.4 is 0 Å². The molecule has 0 aromatic heterocycles. The van der Waals surface area contributed by atoms with Crippen LogP contribution in [0.15, 0.2) is 4.99 Å². The first-order valence-electron chi connectivity index (χ1n) is 3.51. The molecular weight excluding hydrogens is 146 g/mol. The molecule has 1 rings (SSSR count). The maximum Gasteiger partial charge on any atom is 0.0649 e. The van der Waals surface area contributed by atoms with E-state index in [4.69, 9.17) is 4.74 Å². The Balaban J connectivity index is 2.39. The second-order valence-corrected chi connectivity index (χ2v) is 2.76. The summed E-state index contributed by atoms with van der Waals surface area (Å²) in [6.45, 7) is 2.87. The van der Waals surface area contributed by atoms with Crippen molar-refractivity contribution in [3.63, 3.8) is 0 Å². The minimum Gasteiger partial charge on any atom is -0.378 e. The van der Waals surface area contributed by atoms with Crippen molar-refractivity contribution in [1.29, 1.82) is 0 Å². The van der Waals surface area contributed by atoms with Gasteiger partial charge in [-0.25, -0.2) is 4.99 Å². The zero-order valence-electron chi connectivity index (χ0n) is 6.04. The number of hydrogen-bond acceptors (Lipinski definition) is 3. The molecule has 1 saturated heterocycles. The van der Waals surface area contributed by atoms with Crippen molar-refractivity contribution < 1.29 is 4.74 Å². The van der Waals surface area contributed by atoms with Crippen LogP contribution in [0, 0.1) is 0 Å². The Labute approximate surface area is 66.3 Å². The van der Waals surface area contributed by atoms with Crippen LogP contribution in [0.1, 0.15) is 19.8 Å². The van der Waals surface area contributed by atoms with Crippen molar-refractivity contribution in [2.75, 3.05) is 6.61 Å². The normalized spacial score (nSPS) is 32.9. The summed E-state index contributed by atoms with van der Waals surface area (Å²) in [4.78, 5) is 4.02. The zero-order valence-corrected chi connectivity index (χ0v) is 6.86. The van der Waals surface area contributed by atoms with Gasteiger partial charge in [0.05, 0.1) is 17.3 Å².